The van der Waals surface area contributed by atoms with Gasteiger partial charge in [0, 0.05) is 52.5 Å². The summed E-state index contributed by atoms with van der Waals surface area (Å²) in [6, 6.07) is 3.26. The van der Waals surface area contributed by atoms with Crippen molar-refractivity contribution in [1.82, 2.24) is 20.1 Å². The number of nitrogens with one attached hydrogen (secondary N) is 2. The summed E-state index contributed by atoms with van der Waals surface area (Å²) in [5.74, 6) is -0.295. The molecule has 0 aromatic carbocycles. The third-order valence-electron chi connectivity index (χ3n) is 3.29. The highest BCUT2D eigenvalue weighted by molar-refractivity contribution is 5.93. The molecule has 19 heavy (non-hydrogen) atoms. The second kappa shape index (κ2) is 6.49. The topological polar surface area (TPSA) is 66.4 Å². The van der Waals surface area contributed by atoms with Crippen molar-refractivity contribution in [3.63, 3.8) is 0 Å². The highest BCUT2D eigenvalue weighted by Gasteiger charge is 2.12. The van der Waals surface area contributed by atoms with Crippen LogP contribution >= 0.6 is 0 Å². The average Bonchev–Trinajstić information content (AvgIpc) is 2.43. The van der Waals surface area contributed by atoms with Crippen LogP contribution in [-0.4, -0.2) is 54.6 Å². The summed E-state index contributed by atoms with van der Waals surface area (Å²) in [5.41, 5.74) is -0.0625. The van der Waals surface area contributed by atoms with Crippen molar-refractivity contribution in [2.24, 2.45) is 7.05 Å². The number of nitrogens with zero attached hydrogens (tertiary/aromatic N) is 2. The number of hydrogen-bond donors (Lipinski definition) is 2. The summed E-state index contributed by atoms with van der Waals surface area (Å²) in [6.07, 6.45) is 1.64. The molecule has 0 radical (unpaired) electrons. The zero-order valence-corrected chi connectivity index (χ0v) is 11.2. The fraction of sp³-hybridized carbons (Fsp3) is 0.538. The van der Waals surface area contributed by atoms with E-state index in [1.807, 2.05) is 0 Å². The Morgan fingerprint density at radius 1 is 1.42 bits per heavy atom. The Balaban J connectivity index is 1.84. The molecule has 2 N–H and O–H groups in total. The maximum Gasteiger partial charge on any atom is 0.263 e. The first kappa shape index (κ1) is 13.8. The number of pyridine rings is 1. The van der Waals surface area contributed by atoms with Gasteiger partial charge in [0.15, 0.2) is 0 Å². The van der Waals surface area contributed by atoms with Gasteiger partial charge in [-0.1, -0.05) is 0 Å². The van der Waals surface area contributed by atoms with Crippen LogP contribution in [0.1, 0.15) is 10.4 Å². The third-order valence-corrected chi connectivity index (χ3v) is 3.29. The zero-order valence-electron chi connectivity index (χ0n) is 11.2. The summed E-state index contributed by atoms with van der Waals surface area (Å²) in [7, 11) is 1.64. The van der Waals surface area contributed by atoms with E-state index in [0.29, 0.717) is 6.54 Å². The summed E-state index contributed by atoms with van der Waals surface area (Å²) in [6.45, 7) is 5.38. The van der Waals surface area contributed by atoms with Crippen LogP contribution in [0.25, 0.3) is 0 Å². The first-order valence-corrected chi connectivity index (χ1v) is 6.55. The number of aryl methyl sites for hydroxylation is 1. The maximum atomic E-state index is 11.9. The van der Waals surface area contributed by atoms with Gasteiger partial charge in [-0.15, -0.1) is 0 Å². The van der Waals surface area contributed by atoms with Crippen molar-refractivity contribution in [1.29, 1.82) is 0 Å². The van der Waals surface area contributed by atoms with E-state index in [4.69, 9.17) is 0 Å². The first-order valence-electron chi connectivity index (χ1n) is 6.55. The SMILES string of the molecule is Cn1cccc(C(=O)NCCN2CCNCC2)c1=O. The molecule has 0 bridgehead atoms. The van der Waals surface area contributed by atoms with Gasteiger partial charge in [-0.05, 0) is 12.1 Å². The summed E-state index contributed by atoms with van der Waals surface area (Å²) >= 11 is 0. The van der Waals surface area contributed by atoms with Crippen LogP contribution in [0.3, 0.4) is 0 Å². The van der Waals surface area contributed by atoms with Gasteiger partial charge in [0.05, 0.1) is 0 Å². The highest BCUT2D eigenvalue weighted by atomic mass is 16.2. The second-order valence-electron chi connectivity index (χ2n) is 4.69. The molecular weight excluding hydrogens is 244 g/mol. The molecule has 1 aromatic rings. The van der Waals surface area contributed by atoms with Crippen molar-refractivity contribution in [2.75, 3.05) is 39.3 Å². The number of amides is 1. The zero-order chi connectivity index (χ0) is 13.7. The normalized spacial score (nSPS) is 16.3. The van der Waals surface area contributed by atoms with Gasteiger partial charge >= 0.3 is 0 Å². The minimum absolute atomic E-state index is 0.199. The molecule has 2 rings (SSSR count). The third kappa shape index (κ3) is 3.65. The maximum absolute atomic E-state index is 11.9. The molecule has 0 aliphatic carbocycles. The lowest BCUT2D eigenvalue weighted by Gasteiger charge is -2.27. The molecule has 0 saturated carbocycles. The van der Waals surface area contributed by atoms with E-state index in [2.05, 4.69) is 15.5 Å². The van der Waals surface area contributed by atoms with E-state index in [1.165, 1.54) is 4.57 Å². The molecule has 1 aliphatic rings. The van der Waals surface area contributed by atoms with Crippen LogP contribution in [0.15, 0.2) is 23.1 Å². The van der Waals surface area contributed by atoms with E-state index in [1.54, 1.807) is 25.4 Å². The number of hydrogen-bond acceptors (Lipinski definition) is 4. The number of carbonyl (C=O) groups excluding carboxylic acids is 1. The Labute approximate surface area is 112 Å². The predicted octanol–water partition coefficient (Wildman–Crippen LogP) is -0.980. The Bertz CT molecular complexity index is 492. The van der Waals surface area contributed by atoms with E-state index in [0.717, 1.165) is 32.7 Å². The Morgan fingerprint density at radius 2 is 2.16 bits per heavy atom. The molecule has 1 amide bonds. The lowest BCUT2D eigenvalue weighted by molar-refractivity contribution is 0.0945. The molecule has 1 fully saturated rings. The largest absolute Gasteiger partial charge is 0.351 e. The van der Waals surface area contributed by atoms with Gasteiger partial charge in [0.2, 0.25) is 0 Å². The molecule has 0 spiro atoms. The van der Waals surface area contributed by atoms with Crippen molar-refractivity contribution in [2.45, 2.75) is 0 Å². The quantitative estimate of drug-likeness (QED) is 0.733. The number of rotatable bonds is 4. The number of carbonyl (C=O) groups is 1. The molecule has 1 aliphatic heterocycles. The number of aromatic nitrogens is 1. The van der Waals surface area contributed by atoms with Crippen molar-refractivity contribution in [3.05, 3.63) is 34.2 Å². The monoisotopic (exact) mass is 264 g/mol. The average molecular weight is 264 g/mol. The van der Waals surface area contributed by atoms with E-state index in [-0.39, 0.29) is 17.0 Å². The van der Waals surface area contributed by atoms with Crippen LogP contribution in [0.4, 0.5) is 0 Å². The van der Waals surface area contributed by atoms with Crippen LogP contribution in [-0.2, 0) is 7.05 Å². The Kier molecular flexibility index (Phi) is 4.70. The summed E-state index contributed by atoms with van der Waals surface area (Å²) in [5, 5.41) is 6.08. The van der Waals surface area contributed by atoms with E-state index >= 15 is 0 Å². The van der Waals surface area contributed by atoms with Gasteiger partial charge in [-0.2, -0.15) is 0 Å². The lowest BCUT2D eigenvalue weighted by Crippen LogP contribution is -2.46. The van der Waals surface area contributed by atoms with Crippen molar-refractivity contribution < 1.29 is 4.79 Å². The van der Waals surface area contributed by atoms with Crippen LogP contribution in [0.2, 0.25) is 0 Å². The van der Waals surface area contributed by atoms with E-state index < -0.39 is 0 Å². The predicted molar refractivity (Wildman–Crippen MR) is 73.3 cm³/mol. The molecule has 0 unspecified atom stereocenters. The van der Waals surface area contributed by atoms with E-state index in [9.17, 15) is 9.59 Å². The minimum atomic E-state index is -0.295. The number of piperazine rings is 1. The highest BCUT2D eigenvalue weighted by Crippen LogP contribution is 1.93. The Hall–Kier alpha value is -1.66. The Morgan fingerprint density at radius 3 is 2.89 bits per heavy atom. The molecule has 104 valence electrons. The van der Waals surface area contributed by atoms with Gasteiger partial charge in [0.25, 0.3) is 11.5 Å². The molecule has 1 saturated heterocycles. The molecule has 0 atom stereocenters. The fourth-order valence-corrected chi connectivity index (χ4v) is 2.13. The smallest absolute Gasteiger partial charge is 0.263 e. The molecule has 6 heteroatoms. The molecule has 2 heterocycles. The molecule has 1 aromatic heterocycles. The van der Waals surface area contributed by atoms with Gasteiger partial charge < -0.3 is 15.2 Å². The standard InChI is InChI=1S/C13H20N4O2/c1-16-7-2-3-11(13(16)19)12(18)15-6-10-17-8-4-14-5-9-17/h2-3,7,14H,4-6,8-10H2,1H3,(H,15,18). The van der Waals surface area contributed by atoms with Crippen molar-refractivity contribution >= 4 is 5.91 Å². The lowest BCUT2D eigenvalue weighted by atomic mass is 10.2. The van der Waals surface area contributed by atoms with Crippen LogP contribution < -0.4 is 16.2 Å². The summed E-state index contributed by atoms with van der Waals surface area (Å²) < 4.78 is 1.41. The molecular formula is C13H20N4O2. The minimum Gasteiger partial charge on any atom is -0.351 e. The fourth-order valence-electron chi connectivity index (χ4n) is 2.13. The summed E-state index contributed by atoms with van der Waals surface area (Å²) in [4.78, 5) is 26.0. The van der Waals surface area contributed by atoms with Crippen LogP contribution in [0.5, 0.6) is 0 Å². The molecule has 6 nitrogen and oxygen atoms in total. The van der Waals surface area contributed by atoms with Crippen LogP contribution in [0, 0.1) is 0 Å². The van der Waals surface area contributed by atoms with Gasteiger partial charge in [-0.25, -0.2) is 0 Å². The second-order valence-corrected chi connectivity index (χ2v) is 4.69. The van der Waals surface area contributed by atoms with Gasteiger partial charge in [-0.3, -0.25) is 14.5 Å². The van der Waals surface area contributed by atoms with Gasteiger partial charge in [0.1, 0.15) is 5.56 Å². The first-order chi connectivity index (χ1) is 9.18. The van der Waals surface area contributed by atoms with Crippen molar-refractivity contribution in [3.8, 4) is 0 Å².